The quantitative estimate of drug-likeness (QED) is 0.658. The molecule has 3 aromatic rings. The first-order valence-corrected chi connectivity index (χ1v) is 9.29. The van der Waals surface area contributed by atoms with Crippen molar-refractivity contribution >= 4 is 22.1 Å². The number of nitrogens with one attached hydrogen (secondary N) is 1. The Morgan fingerprint density at radius 2 is 1.84 bits per heavy atom. The molecule has 1 atom stereocenters. The second kappa shape index (κ2) is 7.41. The molecule has 1 unspecified atom stereocenters. The minimum absolute atomic E-state index is 0.263. The first-order valence-electron chi connectivity index (χ1n) is 8.48. The number of thiophene rings is 1. The summed E-state index contributed by atoms with van der Waals surface area (Å²) < 4.78 is 0. The van der Waals surface area contributed by atoms with Gasteiger partial charge in [0.05, 0.1) is 4.88 Å². The maximum atomic E-state index is 9.69. The monoisotopic (exact) mass is 349 g/mol. The highest BCUT2D eigenvalue weighted by Crippen LogP contribution is 2.25. The summed E-state index contributed by atoms with van der Waals surface area (Å²) in [5.41, 5.74) is 0.363. The third-order valence-electron chi connectivity index (χ3n) is 4.03. The maximum Gasteiger partial charge on any atom is 0.120 e. The Kier molecular flexibility index (Phi) is 5.24. The summed E-state index contributed by atoms with van der Waals surface area (Å²) in [5.74, 6) is 5.90. The van der Waals surface area contributed by atoms with Crippen LogP contribution in [0.2, 0.25) is 0 Å². The Morgan fingerprint density at radius 3 is 2.64 bits per heavy atom. The second-order valence-electron chi connectivity index (χ2n) is 6.75. The minimum atomic E-state index is -0.953. The predicted molar refractivity (Wildman–Crippen MR) is 107 cm³/mol. The van der Waals surface area contributed by atoms with Crippen LogP contribution in [0, 0.1) is 11.8 Å². The van der Waals surface area contributed by atoms with Crippen LogP contribution in [-0.2, 0) is 6.54 Å². The molecular formula is C22H23NOS. The van der Waals surface area contributed by atoms with Gasteiger partial charge in [-0.3, -0.25) is 0 Å². The summed E-state index contributed by atoms with van der Waals surface area (Å²) in [6, 6.07) is 19.3. The molecule has 0 saturated carbocycles. The van der Waals surface area contributed by atoms with Crippen molar-refractivity contribution in [2.24, 2.45) is 0 Å². The van der Waals surface area contributed by atoms with Gasteiger partial charge in [-0.25, -0.2) is 0 Å². The topological polar surface area (TPSA) is 32.3 Å². The largest absolute Gasteiger partial charge is 0.378 e. The highest BCUT2D eigenvalue weighted by atomic mass is 32.1. The van der Waals surface area contributed by atoms with Gasteiger partial charge in [0.25, 0.3) is 0 Å². The molecular weight excluding hydrogens is 326 g/mol. The molecule has 0 aliphatic rings. The van der Waals surface area contributed by atoms with Crippen LogP contribution in [-0.4, -0.2) is 10.7 Å². The molecule has 3 rings (SSSR count). The molecule has 0 aliphatic heterocycles. The number of aliphatic hydroxyl groups is 1. The van der Waals surface area contributed by atoms with Crippen molar-refractivity contribution in [1.29, 1.82) is 0 Å². The van der Waals surface area contributed by atoms with Crippen LogP contribution in [0.25, 0.3) is 10.8 Å². The van der Waals surface area contributed by atoms with E-state index in [2.05, 4.69) is 72.6 Å². The maximum absolute atomic E-state index is 9.69. The highest BCUT2D eigenvalue weighted by Gasteiger charge is 2.10. The Hall–Kier alpha value is -2.12. The molecule has 0 aliphatic carbocycles. The van der Waals surface area contributed by atoms with Crippen molar-refractivity contribution in [3.8, 4) is 11.8 Å². The molecule has 0 radical (unpaired) electrons. The van der Waals surface area contributed by atoms with E-state index in [1.165, 1.54) is 21.2 Å². The zero-order chi connectivity index (χ0) is 17.9. The van der Waals surface area contributed by atoms with E-state index in [4.69, 9.17) is 0 Å². The zero-order valence-corrected chi connectivity index (χ0v) is 15.7. The number of hydrogen-bond donors (Lipinski definition) is 2. The van der Waals surface area contributed by atoms with Crippen LogP contribution in [0.3, 0.4) is 0 Å². The third-order valence-corrected chi connectivity index (χ3v) is 5.03. The summed E-state index contributed by atoms with van der Waals surface area (Å²) >= 11 is 1.67. The number of fused-ring (bicyclic) bond motifs is 1. The minimum Gasteiger partial charge on any atom is -0.378 e. The van der Waals surface area contributed by atoms with E-state index in [1.54, 1.807) is 25.2 Å². The lowest BCUT2D eigenvalue weighted by atomic mass is 10.00. The normalized spacial score (nSPS) is 12.6. The van der Waals surface area contributed by atoms with E-state index >= 15 is 0 Å². The van der Waals surface area contributed by atoms with Gasteiger partial charge in [0.2, 0.25) is 0 Å². The third kappa shape index (κ3) is 4.70. The second-order valence-corrected chi connectivity index (χ2v) is 7.91. The van der Waals surface area contributed by atoms with E-state index in [0.717, 1.165) is 11.4 Å². The summed E-state index contributed by atoms with van der Waals surface area (Å²) in [6.07, 6.45) is 0. The summed E-state index contributed by atoms with van der Waals surface area (Å²) in [6.45, 7) is 6.40. The van der Waals surface area contributed by atoms with Crippen molar-refractivity contribution < 1.29 is 5.11 Å². The molecule has 2 nitrogen and oxygen atoms in total. The summed E-state index contributed by atoms with van der Waals surface area (Å²) in [7, 11) is 0. The Labute approximate surface area is 153 Å². The van der Waals surface area contributed by atoms with E-state index in [0.29, 0.717) is 0 Å². The SMILES string of the molecule is CC(NCc1ccc(C#CC(C)(C)O)s1)c1cccc2ccccc12. The fourth-order valence-corrected chi connectivity index (χ4v) is 3.56. The number of rotatable bonds is 4. The van der Waals surface area contributed by atoms with Gasteiger partial charge in [0, 0.05) is 17.5 Å². The molecule has 0 saturated heterocycles. The van der Waals surface area contributed by atoms with Gasteiger partial charge in [-0.15, -0.1) is 11.3 Å². The van der Waals surface area contributed by atoms with Crippen molar-refractivity contribution in [2.75, 3.05) is 0 Å². The van der Waals surface area contributed by atoms with Gasteiger partial charge >= 0.3 is 0 Å². The fraction of sp³-hybridized carbons (Fsp3) is 0.273. The van der Waals surface area contributed by atoms with Crippen LogP contribution >= 0.6 is 11.3 Å². The molecule has 1 aromatic heterocycles. The Morgan fingerprint density at radius 1 is 1.08 bits per heavy atom. The van der Waals surface area contributed by atoms with E-state index in [-0.39, 0.29) is 6.04 Å². The average Bonchev–Trinajstić information content (AvgIpc) is 3.05. The van der Waals surface area contributed by atoms with Crippen molar-refractivity contribution in [2.45, 2.75) is 39.0 Å². The molecule has 0 amide bonds. The van der Waals surface area contributed by atoms with Gasteiger partial charge < -0.3 is 10.4 Å². The standard InChI is InChI=1S/C22H23NOS/c1-16(20-10-6-8-17-7-4-5-9-21(17)20)23-15-19-12-11-18(25-19)13-14-22(2,3)24/h4-12,16,23-24H,15H2,1-3H3. The predicted octanol–water partition coefficient (Wildman–Crippen LogP) is 4.87. The van der Waals surface area contributed by atoms with Crippen LogP contribution in [0.4, 0.5) is 0 Å². The molecule has 2 N–H and O–H groups in total. The molecule has 128 valence electrons. The van der Waals surface area contributed by atoms with E-state index in [9.17, 15) is 5.11 Å². The van der Waals surface area contributed by atoms with Crippen LogP contribution < -0.4 is 5.32 Å². The van der Waals surface area contributed by atoms with Crippen LogP contribution in [0.1, 0.15) is 42.1 Å². The molecule has 0 spiro atoms. The van der Waals surface area contributed by atoms with Gasteiger partial charge in [-0.05, 0) is 49.2 Å². The lowest BCUT2D eigenvalue weighted by Gasteiger charge is -2.16. The van der Waals surface area contributed by atoms with Crippen molar-refractivity contribution in [3.63, 3.8) is 0 Å². The molecule has 0 fully saturated rings. The smallest absolute Gasteiger partial charge is 0.120 e. The first-order chi connectivity index (χ1) is 11.9. The molecule has 0 bridgehead atoms. The fourth-order valence-electron chi connectivity index (χ4n) is 2.75. The lowest BCUT2D eigenvalue weighted by molar-refractivity contribution is 0.143. The molecule has 3 heteroatoms. The van der Waals surface area contributed by atoms with Crippen molar-refractivity contribution in [1.82, 2.24) is 5.32 Å². The highest BCUT2D eigenvalue weighted by molar-refractivity contribution is 7.12. The van der Waals surface area contributed by atoms with Gasteiger partial charge in [-0.2, -0.15) is 0 Å². The number of hydrogen-bond acceptors (Lipinski definition) is 3. The Bertz CT molecular complexity index is 919. The van der Waals surface area contributed by atoms with E-state index in [1.807, 2.05) is 6.07 Å². The summed E-state index contributed by atoms with van der Waals surface area (Å²) in [4.78, 5) is 2.23. The molecule has 1 heterocycles. The lowest BCUT2D eigenvalue weighted by Crippen LogP contribution is -2.17. The van der Waals surface area contributed by atoms with Crippen LogP contribution in [0.5, 0.6) is 0 Å². The van der Waals surface area contributed by atoms with Gasteiger partial charge in [0.1, 0.15) is 5.60 Å². The number of benzene rings is 2. The van der Waals surface area contributed by atoms with Crippen molar-refractivity contribution in [3.05, 3.63) is 69.9 Å². The first kappa shape index (κ1) is 17.7. The summed E-state index contributed by atoms with van der Waals surface area (Å²) in [5, 5.41) is 15.9. The van der Waals surface area contributed by atoms with Crippen LogP contribution in [0.15, 0.2) is 54.6 Å². The molecule has 2 aromatic carbocycles. The van der Waals surface area contributed by atoms with Gasteiger partial charge in [0.15, 0.2) is 0 Å². The average molecular weight is 349 g/mol. The zero-order valence-electron chi connectivity index (χ0n) is 14.8. The Balaban J connectivity index is 1.69. The van der Waals surface area contributed by atoms with Gasteiger partial charge in [-0.1, -0.05) is 54.3 Å². The molecule has 25 heavy (non-hydrogen) atoms. The van der Waals surface area contributed by atoms with E-state index < -0.39 is 5.60 Å².